The van der Waals surface area contributed by atoms with E-state index < -0.39 is 0 Å². The van der Waals surface area contributed by atoms with E-state index in [2.05, 4.69) is 9.97 Å². The summed E-state index contributed by atoms with van der Waals surface area (Å²) in [7, 11) is 0. The van der Waals surface area contributed by atoms with Gasteiger partial charge in [0.2, 0.25) is 0 Å². The number of nitrogens with zero attached hydrogens (tertiary/aromatic N) is 1. The first-order chi connectivity index (χ1) is 9.18. The maximum Gasteiger partial charge on any atom is 0.196 e. The number of fused-ring (bicyclic) bond motifs is 1. The van der Waals surface area contributed by atoms with Crippen molar-refractivity contribution in [3.8, 4) is 0 Å². The number of aromatic nitrogens is 2. The first-order valence-corrected chi connectivity index (χ1v) is 6.35. The van der Waals surface area contributed by atoms with Gasteiger partial charge >= 0.3 is 0 Å². The van der Waals surface area contributed by atoms with E-state index in [1.807, 2.05) is 6.07 Å². The largest absolute Gasteiger partial charge is 0.345 e. The summed E-state index contributed by atoms with van der Waals surface area (Å²) in [6, 6.07) is 8.63. The summed E-state index contributed by atoms with van der Waals surface area (Å²) < 4.78 is 0. The number of H-pyrrole nitrogens is 1. The molecule has 0 bridgehead atoms. The summed E-state index contributed by atoms with van der Waals surface area (Å²) in [5.74, 6) is -0.174. The van der Waals surface area contributed by atoms with Crippen molar-refractivity contribution >= 4 is 40.0 Å². The van der Waals surface area contributed by atoms with Crippen LogP contribution in [0.15, 0.2) is 42.7 Å². The fraction of sp³-hybridized carbons (Fsp3) is 0. The molecule has 1 aromatic carbocycles. The number of ketones is 1. The van der Waals surface area contributed by atoms with Crippen LogP contribution in [-0.2, 0) is 0 Å². The molecule has 3 nitrogen and oxygen atoms in total. The number of rotatable bonds is 2. The van der Waals surface area contributed by atoms with Crippen LogP contribution in [0.1, 0.15) is 15.9 Å². The Balaban J connectivity index is 2.17. The van der Waals surface area contributed by atoms with Gasteiger partial charge in [-0.2, -0.15) is 0 Å². The minimum Gasteiger partial charge on any atom is -0.345 e. The zero-order valence-electron chi connectivity index (χ0n) is 9.65. The van der Waals surface area contributed by atoms with Crippen molar-refractivity contribution in [1.82, 2.24) is 9.97 Å². The minimum atomic E-state index is -0.174. The third kappa shape index (κ3) is 2.01. The van der Waals surface area contributed by atoms with Crippen molar-refractivity contribution in [1.29, 1.82) is 0 Å². The smallest absolute Gasteiger partial charge is 0.196 e. The summed E-state index contributed by atoms with van der Waals surface area (Å²) in [5.41, 5.74) is 1.59. The molecule has 0 amide bonds. The van der Waals surface area contributed by atoms with Crippen molar-refractivity contribution in [3.05, 3.63) is 63.9 Å². The molecule has 5 heteroatoms. The molecule has 2 aromatic heterocycles. The van der Waals surface area contributed by atoms with Crippen molar-refractivity contribution in [2.75, 3.05) is 0 Å². The van der Waals surface area contributed by atoms with E-state index in [0.29, 0.717) is 21.8 Å². The molecule has 0 fully saturated rings. The molecular weight excluding hydrogens is 283 g/mol. The average molecular weight is 291 g/mol. The Morgan fingerprint density at radius 2 is 1.95 bits per heavy atom. The average Bonchev–Trinajstić information content (AvgIpc) is 2.85. The third-order valence-corrected chi connectivity index (χ3v) is 3.71. The van der Waals surface area contributed by atoms with Crippen LogP contribution in [0.25, 0.3) is 11.0 Å². The van der Waals surface area contributed by atoms with E-state index in [9.17, 15) is 4.79 Å². The Morgan fingerprint density at radius 3 is 2.79 bits per heavy atom. The molecule has 0 aliphatic rings. The Bertz CT molecular complexity index is 780. The lowest BCUT2D eigenvalue weighted by atomic mass is 10.0. The molecule has 0 saturated carbocycles. The molecule has 0 spiro atoms. The Hall–Kier alpha value is -1.84. The number of carbonyl (C=O) groups is 1. The predicted octanol–water partition coefficient (Wildman–Crippen LogP) is 4.10. The summed E-state index contributed by atoms with van der Waals surface area (Å²) in [6.45, 7) is 0. The van der Waals surface area contributed by atoms with Crippen molar-refractivity contribution < 1.29 is 4.79 Å². The lowest BCUT2D eigenvalue weighted by Crippen LogP contribution is -2.01. The Morgan fingerprint density at radius 1 is 1.11 bits per heavy atom. The number of benzene rings is 1. The highest BCUT2D eigenvalue weighted by molar-refractivity contribution is 6.44. The zero-order valence-corrected chi connectivity index (χ0v) is 11.2. The molecule has 1 N–H and O–H groups in total. The van der Waals surface area contributed by atoms with Crippen molar-refractivity contribution in [2.45, 2.75) is 0 Å². The lowest BCUT2D eigenvalue weighted by molar-refractivity contribution is 0.104. The van der Waals surface area contributed by atoms with Crippen LogP contribution in [0.4, 0.5) is 0 Å². The van der Waals surface area contributed by atoms with Gasteiger partial charge < -0.3 is 4.98 Å². The first-order valence-electron chi connectivity index (χ1n) is 5.59. The van der Waals surface area contributed by atoms with Crippen LogP contribution in [0, 0.1) is 0 Å². The van der Waals surface area contributed by atoms with E-state index in [-0.39, 0.29) is 10.8 Å². The second-order valence-electron chi connectivity index (χ2n) is 4.03. The predicted molar refractivity (Wildman–Crippen MR) is 76.0 cm³/mol. The number of halogens is 2. The summed E-state index contributed by atoms with van der Waals surface area (Å²) in [4.78, 5) is 19.6. The number of pyridine rings is 1. The highest BCUT2D eigenvalue weighted by atomic mass is 35.5. The molecule has 3 rings (SSSR count). The molecule has 94 valence electrons. The fourth-order valence-corrected chi connectivity index (χ4v) is 2.35. The van der Waals surface area contributed by atoms with E-state index in [0.717, 1.165) is 5.39 Å². The third-order valence-electron chi connectivity index (χ3n) is 2.89. The normalized spacial score (nSPS) is 10.8. The second-order valence-corrected chi connectivity index (χ2v) is 4.82. The molecule has 19 heavy (non-hydrogen) atoms. The Kier molecular flexibility index (Phi) is 3.01. The van der Waals surface area contributed by atoms with Gasteiger partial charge in [0.05, 0.1) is 10.0 Å². The van der Waals surface area contributed by atoms with Crippen molar-refractivity contribution in [3.63, 3.8) is 0 Å². The van der Waals surface area contributed by atoms with Gasteiger partial charge in [0, 0.05) is 28.9 Å². The van der Waals surface area contributed by atoms with Crippen molar-refractivity contribution in [2.24, 2.45) is 0 Å². The molecule has 0 saturated heterocycles. The maximum atomic E-state index is 12.5. The Labute approximate surface area is 119 Å². The van der Waals surface area contributed by atoms with Gasteiger partial charge in [-0.15, -0.1) is 0 Å². The molecule has 3 aromatic rings. The van der Waals surface area contributed by atoms with Gasteiger partial charge in [-0.25, -0.2) is 4.98 Å². The quantitative estimate of drug-likeness (QED) is 0.722. The highest BCUT2D eigenvalue weighted by Crippen LogP contribution is 2.29. The van der Waals surface area contributed by atoms with E-state index in [4.69, 9.17) is 23.2 Å². The molecule has 0 atom stereocenters. The molecule has 0 aliphatic heterocycles. The summed E-state index contributed by atoms with van der Waals surface area (Å²) >= 11 is 12.0. The summed E-state index contributed by atoms with van der Waals surface area (Å²) in [5, 5.41) is 1.40. The van der Waals surface area contributed by atoms with Gasteiger partial charge in [0.15, 0.2) is 5.78 Å². The SMILES string of the molecule is O=C(c1cccc(Cl)c1Cl)c1c[nH]c2ncccc12. The lowest BCUT2D eigenvalue weighted by Gasteiger charge is -2.03. The van der Waals surface area contributed by atoms with Gasteiger partial charge in [0.25, 0.3) is 0 Å². The minimum absolute atomic E-state index is 0.174. The van der Waals surface area contributed by atoms with Gasteiger partial charge in [0.1, 0.15) is 5.65 Å². The van der Waals surface area contributed by atoms with Gasteiger partial charge in [-0.05, 0) is 24.3 Å². The number of hydrogen-bond acceptors (Lipinski definition) is 2. The molecular formula is C14H8Cl2N2O. The molecule has 0 radical (unpaired) electrons. The number of aromatic amines is 1. The number of nitrogens with one attached hydrogen (secondary N) is 1. The molecule has 0 unspecified atom stereocenters. The fourth-order valence-electron chi connectivity index (χ4n) is 1.97. The molecule has 0 aliphatic carbocycles. The number of hydrogen-bond donors (Lipinski definition) is 1. The van der Waals surface area contributed by atoms with E-state index >= 15 is 0 Å². The second kappa shape index (κ2) is 4.68. The van der Waals surface area contributed by atoms with Gasteiger partial charge in [-0.3, -0.25) is 4.79 Å². The van der Waals surface area contributed by atoms with Crippen LogP contribution in [0.3, 0.4) is 0 Å². The van der Waals surface area contributed by atoms with Crippen LogP contribution < -0.4 is 0 Å². The van der Waals surface area contributed by atoms with E-state index in [1.54, 1.807) is 36.7 Å². The highest BCUT2D eigenvalue weighted by Gasteiger charge is 2.18. The van der Waals surface area contributed by atoms with Crippen LogP contribution in [0.2, 0.25) is 10.0 Å². The molecule has 2 heterocycles. The first kappa shape index (κ1) is 12.2. The summed E-state index contributed by atoms with van der Waals surface area (Å²) in [6.07, 6.45) is 3.30. The van der Waals surface area contributed by atoms with Gasteiger partial charge in [-0.1, -0.05) is 29.3 Å². The maximum absolute atomic E-state index is 12.5. The topological polar surface area (TPSA) is 45.8 Å². The standard InChI is InChI=1S/C14H8Cl2N2O/c15-11-5-1-3-9(12(11)16)13(19)10-7-18-14-8(10)4-2-6-17-14/h1-7H,(H,17,18). The van der Waals surface area contributed by atoms with E-state index in [1.165, 1.54) is 0 Å². The van der Waals surface area contributed by atoms with Crippen LogP contribution in [0.5, 0.6) is 0 Å². The van der Waals surface area contributed by atoms with Crippen LogP contribution in [-0.4, -0.2) is 15.8 Å². The monoisotopic (exact) mass is 290 g/mol. The zero-order chi connectivity index (χ0) is 13.4. The van der Waals surface area contributed by atoms with Crippen LogP contribution >= 0.6 is 23.2 Å². The number of carbonyl (C=O) groups excluding carboxylic acids is 1.